The fourth-order valence-corrected chi connectivity index (χ4v) is 6.63. The number of para-hydroxylation sites is 2. The fourth-order valence-electron chi connectivity index (χ4n) is 6.63. The zero-order valence-corrected chi connectivity index (χ0v) is 22.8. The van der Waals surface area contributed by atoms with Crippen LogP contribution in [0.2, 0.25) is 0 Å². The van der Waals surface area contributed by atoms with E-state index >= 15 is 0 Å². The number of benzene rings is 3. The van der Waals surface area contributed by atoms with E-state index in [9.17, 15) is 19.2 Å². The maximum absolute atomic E-state index is 14.5. The highest BCUT2D eigenvalue weighted by Gasteiger charge is 2.71. The monoisotopic (exact) mass is 536 g/mol. The van der Waals surface area contributed by atoms with Gasteiger partial charge in [0, 0.05) is 23.0 Å². The molecule has 0 aliphatic carbocycles. The Morgan fingerprint density at radius 1 is 0.925 bits per heavy atom. The van der Waals surface area contributed by atoms with Crippen molar-refractivity contribution >= 4 is 40.7 Å². The van der Waals surface area contributed by atoms with Gasteiger partial charge in [0.1, 0.15) is 12.1 Å². The van der Waals surface area contributed by atoms with Crippen molar-refractivity contribution in [1.29, 1.82) is 0 Å². The van der Waals surface area contributed by atoms with E-state index < -0.39 is 23.3 Å². The minimum atomic E-state index is -1.44. The van der Waals surface area contributed by atoms with Gasteiger partial charge >= 0.3 is 0 Å². The lowest BCUT2D eigenvalue weighted by atomic mass is 9.76. The Labute approximate surface area is 233 Å². The Balaban J connectivity index is 1.40. The zero-order chi connectivity index (χ0) is 28.2. The molecule has 0 radical (unpaired) electrons. The van der Waals surface area contributed by atoms with Crippen molar-refractivity contribution in [3.8, 4) is 0 Å². The molecule has 3 aromatic rings. The summed E-state index contributed by atoms with van der Waals surface area (Å²) in [5.74, 6) is -2.82. The molecule has 4 atom stereocenters. The molecule has 204 valence electrons. The highest BCUT2D eigenvalue weighted by molar-refractivity contribution is 6.26. The standard InChI is InChI=1S/C32H32N4O4/c1-19(2)17-24-27-28(30(39)36(29(27)38)22-9-5-4-6-10-22)32(34-24)23-11-7-8-12-25(23)35(31(32)40)18-26(37)33-21-15-13-20(3)14-16-21/h4-16,19,24,27-28,34H,17-18H2,1-3H3,(H,33,37)/t24-,27-,28+,32+/m1/s1. The number of carbonyl (C=O) groups is 4. The topological polar surface area (TPSA) is 98.8 Å². The van der Waals surface area contributed by atoms with Gasteiger partial charge < -0.3 is 10.2 Å². The third-order valence-electron chi connectivity index (χ3n) is 8.24. The molecular weight excluding hydrogens is 504 g/mol. The highest BCUT2D eigenvalue weighted by atomic mass is 16.2. The second kappa shape index (κ2) is 9.71. The van der Waals surface area contributed by atoms with Crippen molar-refractivity contribution in [1.82, 2.24) is 5.32 Å². The van der Waals surface area contributed by atoms with Crippen LogP contribution in [0.1, 0.15) is 31.4 Å². The predicted octanol–water partition coefficient (Wildman–Crippen LogP) is 4.00. The molecule has 0 bridgehead atoms. The summed E-state index contributed by atoms with van der Waals surface area (Å²) in [6.45, 7) is 5.87. The third kappa shape index (κ3) is 3.93. The zero-order valence-electron chi connectivity index (χ0n) is 22.8. The molecule has 3 aromatic carbocycles. The summed E-state index contributed by atoms with van der Waals surface area (Å²) in [6, 6.07) is 23.2. The van der Waals surface area contributed by atoms with Gasteiger partial charge in [-0.3, -0.25) is 24.5 Å². The van der Waals surface area contributed by atoms with E-state index in [1.54, 1.807) is 30.3 Å². The smallest absolute Gasteiger partial charge is 0.253 e. The first-order chi connectivity index (χ1) is 19.2. The average Bonchev–Trinajstić information content (AvgIpc) is 3.49. The Morgan fingerprint density at radius 3 is 2.30 bits per heavy atom. The van der Waals surface area contributed by atoms with E-state index in [1.165, 1.54) is 9.80 Å². The second-order valence-electron chi connectivity index (χ2n) is 11.4. The molecule has 0 aromatic heterocycles. The molecule has 3 heterocycles. The van der Waals surface area contributed by atoms with Crippen LogP contribution in [-0.4, -0.2) is 36.2 Å². The maximum Gasteiger partial charge on any atom is 0.253 e. The largest absolute Gasteiger partial charge is 0.325 e. The molecule has 2 saturated heterocycles. The van der Waals surface area contributed by atoms with Gasteiger partial charge in [-0.2, -0.15) is 0 Å². The van der Waals surface area contributed by atoms with Crippen LogP contribution < -0.4 is 20.4 Å². The van der Waals surface area contributed by atoms with Gasteiger partial charge in [0.15, 0.2) is 0 Å². The first-order valence-electron chi connectivity index (χ1n) is 13.7. The van der Waals surface area contributed by atoms with E-state index in [-0.39, 0.29) is 36.2 Å². The lowest BCUT2D eigenvalue weighted by Gasteiger charge is -2.31. The van der Waals surface area contributed by atoms with Gasteiger partial charge in [-0.05, 0) is 49.6 Å². The number of hydrogen-bond donors (Lipinski definition) is 2. The van der Waals surface area contributed by atoms with Gasteiger partial charge in [0.25, 0.3) is 5.91 Å². The van der Waals surface area contributed by atoms with Gasteiger partial charge in [-0.15, -0.1) is 0 Å². The number of hydrogen-bond acceptors (Lipinski definition) is 5. The van der Waals surface area contributed by atoms with Crippen LogP contribution in [0.15, 0.2) is 78.9 Å². The molecule has 8 heteroatoms. The minimum absolute atomic E-state index is 0.218. The van der Waals surface area contributed by atoms with E-state index in [1.807, 2.05) is 55.5 Å². The number of nitrogens with one attached hydrogen (secondary N) is 2. The Hall–Kier alpha value is -4.30. The fraction of sp³-hybridized carbons (Fsp3) is 0.312. The minimum Gasteiger partial charge on any atom is -0.325 e. The summed E-state index contributed by atoms with van der Waals surface area (Å²) in [4.78, 5) is 58.4. The summed E-state index contributed by atoms with van der Waals surface area (Å²) >= 11 is 0. The van der Waals surface area contributed by atoms with E-state index in [2.05, 4.69) is 24.5 Å². The summed E-state index contributed by atoms with van der Waals surface area (Å²) in [5, 5.41) is 6.38. The van der Waals surface area contributed by atoms with Crippen LogP contribution in [0, 0.1) is 24.7 Å². The van der Waals surface area contributed by atoms with Crippen molar-refractivity contribution in [3.05, 3.63) is 90.0 Å². The number of aryl methyl sites for hydroxylation is 1. The van der Waals surface area contributed by atoms with E-state index in [4.69, 9.17) is 0 Å². The number of carbonyl (C=O) groups excluding carboxylic acids is 4. The van der Waals surface area contributed by atoms with Crippen LogP contribution >= 0.6 is 0 Å². The molecule has 0 unspecified atom stereocenters. The number of amides is 4. The number of fused-ring (bicyclic) bond motifs is 4. The quantitative estimate of drug-likeness (QED) is 0.464. The van der Waals surface area contributed by atoms with Crippen molar-refractivity contribution in [2.45, 2.75) is 38.8 Å². The van der Waals surface area contributed by atoms with Crippen LogP contribution in [0.3, 0.4) is 0 Å². The van der Waals surface area contributed by atoms with Crippen molar-refractivity contribution < 1.29 is 19.2 Å². The van der Waals surface area contributed by atoms with Gasteiger partial charge in [-0.1, -0.05) is 67.9 Å². The molecule has 2 fully saturated rings. The predicted molar refractivity (Wildman–Crippen MR) is 153 cm³/mol. The Kier molecular flexibility index (Phi) is 6.30. The lowest BCUT2D eigenvalue weighted by molar-refractivity contribution is -0.132. The molecular formula is C32H32N4O4. The molecule has 40 heavy (non-hydrogen) atoms. The number of nitrogens with zero attached hydrogens (tertiary/aromatic N) is 2. The molecule has 3 aliphatic heterocycles. The Bertz CT molecular complexity index is 1500. The van der Waals surface area contributed by atoms with Crippen molar-refractivity contribution in [3.63, 3.8) is 0 Å². The SMILES string of the molecule is Cc1ccc(NC(=O)CN2C(=O)[C@]3(N[C@H](CC(C)C)[C@H]4C(=O)N(c5ccccc5)C(=O)[C@H]43)c3ccccc32)cc1. The van der Waals surface area contributed by atoms with E-state index in [0.717, 1.165) is 5.56 Å². The summed E-state index contributed by atoms with van der Waals surface area (Å²) in [6.07, 6.45) is 0.619. The van der Waals surface area contributed by atoms with Crippen LogP contribution in [0.5, 0.6) is 0 Å². The third-order valence-corrected chi connectivity index (χ3v) is 8.24. The first kappa shape index (κ1) is 26.0. The van der Waals surface area contributed by atoms with Gasteiger partial charge in [-0.25, -0.2) is 4.90 Å². The van der Waals surface area contributed by atoms with Crippen LogP contribution in [0.4, 0.5) is 17.1 Å². The summed E-state index contributed by atoms with van der Waals surface area (Å²) in [5.41, 5.74) is 1.96. The Morgan fingerprint density at radius 2 is 1.60 bits per heavy atom. The summed E-state index contributed by atoms with van der Waals surface area (Å²) in [7, 11) is 0. The number of anilines is 3. The molecule has 1 spiro atoms. The molecule has 2 N–H and O–H groups in total. The van der Waals surface area contributed by atoms with Gasteiger partial charge in [0.2, 0.25) is 17.7 Å². The molecule has 0 saturated carbocycles. The number of imide groups is 1. The lowest BCUT2D eigenvalue weighted by Crippen LogP contribution is -2.56. The normalized spacial score (nSPS) is 25.2. The maximum atomic E-state index is 14.5. The second-order valence-corrected chi connectivity index (χ2v) is 11.4. The van der Waals surface area contributed by atoms with Crippen LogP contribution in [0.25, 0.3) is 0 Å². The molecule has 8 nitrogen and oxygen atoms in total. The summed E-state index contributed by atoms with van der Waals surface area (Å²) < 4.78 is 0. The van der Waals surface area contributed by atoms with Crippen molar-refractivity contribution in [2.24, 2.45) is 17.8 Å². The average molecular weight is 537 g/mol. The molecule has 3 aliphatic rings. The van der Waals surface area contributed by atoms with E-state index in [0.29, 0.717) is 29.0 Å². The molecule has 6 rings (SSSR count). The first-order valence-corrected chi connectivity index (χ1v) is 13.7. The number of rotatable bonds is 6. The van der Waals surface area contributed by atoms with Gasteiger partial charge in [0.05, 0.1) is 17.5 Å². The molecule has 4 amide bonds. The highest BCUT2D eigenvalue weighted by Crippen LogP contribution is 2.55. The van der Waals surface area contributed by atoms with Crippen molar-refractivity contribution in [2.75, 3.05) is 21.7 Å². The van der Waals surface area contributed by atoms with Crippen LogP contribution in [-0.2, 0) is 24.7 Å².